The predicted octanol–water partition coefficient (Wildman–Crippen LogP) is 1.92. The smallest absolute Gasteiger partial charge is 0.309 e. The van der Waals surface area contributed by atoms with Gasteiger partial charge in [-0.2, -0.15) is 0 Å². The van der Waals surface area contributed by atoms with E-state index in [1.54, 1.807) is 12.1 Å². The molecular weight excluding hydrogens is 286 g/mol. The van der Waals surface area contributed by atoms with Crippen molar-refractivity contribution in [3.8, 4) is 11.5 Å². The third kappa shape index (κ3) is 6.97. The third-order valence-electron chi connectivity index (χ3n) is 2.53. The molecule has 122 valence electrons. The van der Waals surface area contributed by atoms with Crippen molar-refractivity contribution in [3.05, 3.63) is 24.3 Å². The molecular formula is C16H23NO5. The number of carbonyl (C=O) groups is 2. The normalized spacial score (nSPS) is 10.2. The van der Waals surface area contributed by atoms with Crippen molar-refractivity contribution >= 4 is 11.9 Å². The molecule has 1 rings (SSSR count). The van der Waals surface area contributed by atoms with Crippen LogP contribution < -0.4 is 14.8 Å². The fourth-order valence-corrected chi connectivity index (χ4v) is 1.67. The van der Waals surface area contributed by atoms with Crippen LogP contribution in [0.4, 0.5) is 0 Å². The molecule has 0 aliphatic carbocycles. The minimum absolute atomic E-state index is 0.0182. The first kappa shape index (κ1) is 17.8. The van der Waals surface area contributed by atoms with Gasteiger partial charge in [0, 0.05) is 6.04 Å². The lowest BCUT2D eigenvalue weighted by Gasteiger charge is -2.11. The molecule has 0 atom stereocenters. The standard InChI is InChI=1S/C16H23NO5/c1-4-20-13-7-5-6-8-14(13)21-10-9-16(19)22-11-15(18)17-12(2)3/h5-8,12H,4,9-11H2,1-3H3,(H,17,18). The summed E-state index contributed by atoms with van der Waals surface area (Å²) in [6.45, 7) is 5.98. The molecule has 0 aromatic heterocycles. The molecule has 0 aliphatic rings. The first-order valence-electron chi connectivity index (χ1n) is 7.32. The molecule has 0 unspecified atom stereocenters. The molecule has 0 heterocycles. The summed E-state index contributed by atoms with van der Waals surface area (Å²) in [5, 5.41) is 2.64. The molecule has 1 N–H and O–H groups in total. The molecule has 1 aromatic rings. The van der Waals surface area contributed by atoms with Crippen molar-refractivity contribution in [1.82, 2.24) is 5.32 Å². The van der Waals surface area contributed by atoms with E-state index in [4.69, 9.17) is 14.2 Å². The lowest BCUT2D eigenvalue weighted by molar-refractivity contribution is -0.149. The van der Waals surface area contributed by atoms with Crippen LogP contribution in [0.3, 0.4) is 0 Å². The van der Waals surface area contributed by atoms with Crippen molar-refractivity contribution in [2.24, 2.45) is 0 Å². The van der Waals surface area contributed by atoms with E-state index in [1.807, 2.05) is 32.9 Å². The zero-order chi connectivity index (χ0) is 16.4. The number of para-hydroxylation sites is 2. The van der Waals surface area contributed by atoms with Crippen LogP contribution in [0.25, 0.3) is 0 Å². The van der Waals surface area contributed by atoms with Crippen LogP contribution in [0.1, 0.15) is 27.2 Å². The van der Waals surface area contributed by atoms with Gasteiger partial charge in [-0.1, -0.05) is 12.1 Å². The monoisotopic (exact) mass is 309 g/mol. The molecule has 0 aliphatic heterocycles. The first-order valence-corrected chi connectivity index (χ1v) is 7.32. The minimum Gasteiger partial charge on any atom is -0.490 e. The van der Waals surface area contributed by atoms with Crippen LogP contribution in [0, 0.1) is 0 Å². The Morgan fingerprint density at radius 1 is 1.14 bits per heavy atom. The van der Waals surface area contributed by atoms with Gasteiger partial charge in [0.25, 0.3) is 5.91 Å². The fourth-order valence-electron chi connectivity index (χ4n) is 1.67. The molecule has 0 fully saturated rings. The summed E-state index contributed by atoms with van der Waals surface area (Å²) in [5.74, 6) is 0.420. The van der Waals surface area contributed by atoms with Crippen molar-refractivity contribution in [3.63, 3.8) is 0 Å². The highest BCUT2D eigenvalue weighted by Gasteiger charge is 2.09. The van der Waals surface area contributed by atoms with Gasteiger partial charge < -0.3 is 19.5 Å². The molecule has 0 saturated heterocycles. The highest BCUT2D eigenvalue weighted by molar-refractivity contribution is 5.80. The molecule has 0 bridgehead atoms. The zero-order valence-corrected chi connectivity index (χ0v) is 13.3. The van der Waals surface area contributed by atoms with Gasteiger partial charge in [0.15, 0.2) is 18.1 Å². The largest absolute Gasteiger partial charge is 0.490 e. The second kappa shape index (κ2) is 9.65. The van der Waals surface area contributed by atoms with E-state index in [2.05, 4.69) is 5.32 Å². The molecule has 0 spiro atoms. The average Bonchev–Trinajstić information content (AvgIpc) is 2.46. The number of hydrogen-bond acceptors (Lipinski definition) is 5. The van der Waals surface area contributed by atoms with Gasteiger partial charge in [-0.15, -0.1) is 0 Å². The summed E-state index contributed by atoms with van der Waals surface area (Å²) in [5.41, 5.74) is 0. The maximum atomic E-state index is 11.5. The van der Waals surface area contributed by atoms with Gasteiger partial charge >= 0.3 is 5.97 Å². The van der Waals surface area contributed by atoms with Crippen LogP contribution in [-0.4, -0.2) is 37.7 Å². The number of rotatable bonds is 9. The molecule has 6 heteroatoms. The fraction of sp³-hybridized carbons (Fsp3) is 0.500. The van der Waals surface area contributed by atoms with Crippen molar-refractivity contribution < 1.29 is 23.8 Å². The first-order chi connectivity index (χ1) is 10.5. The van der Waals surface area contributed by atoms with Gasteiger partial charge in [-0.25, -0.2) is 0 Å². The highest BCUT2D eigenvalue weighted by atomic mass is 16.5. The van der Waals surface area contributed by atoms with E-state index >= 15 is 0 Å². The van der Waals surface area contributed by atoms with Crippen LogP contribution in [-0.2, 0) is 14.3 Å². The summed E-state index contributed by atoms with van der Waals surface area (Å²) in [6, 6.07) is 7.26. The van der Waals surface area contributed by atoms with Gasteiger partial charge in [-0.3, -0.25) is 9.59 Å². The number of amides is 1. The maximum Gasteiger partial charge on any atom is 0.309 e. The lowest BCUT2D eigenvalue weighted by Crippen LogP contribution is -2.34. The summed E-state index contributed by atoms with van der Waals surface area (Å²) < 4.78 is 15.8. The predicted molar refractivity (Wildman–Crippen MR) is 82.0 cm³/mol. The quantitative estimate of drug-likeness (QED) is 0.706. The van der Waals surface area contributed by atoms with Crippen molar-refractivity contribution in [1.29, 1.82) is 0 Å². The summed E-state index contributed by atoms with van der Waals surface area (Å²) in [6.07, 6.45) is 0.0649. The van der Waals surface area contributed by atoms with Gasteiger partial charge in [0.1, 0.15) is 0 Å². The Kier molecular flexibility index (Phi) is 7.81. The van der Waals surface area contributed by atoms with E-state index < -0.39 is 5.97 Å². The number of carbonyl (C=O) groups excluding carboxylic acids is 2. The van der Waals surface area contributed by atoms with Crippen LogP contribution in [0.2, 0.25) is 0 Å². The highest BCUT2D eigenvalue weighted by Crippen LogP contribution is 2.26. The number of ether oxygens (including phenoxy) is 3. The Morgan fingerprint density at radius 2 is 1.77 bits per heavy atom. The topological polar surface area (TPSA) is 73.9 Å². The lowest BCUT2D eigenvalue weighted by atomic mass is 10.3. The van der Waals surface area contributed by atoms with Gasteiger partial charge in [0.05, 0.1) is 19.6 Å². The Hall–Kier alpha value is -2.24. The van der Waals surface area contributed by atoms with Crippen molar-refractivity contribution in [2.75, 3.05) is 19.8 Å². The second-order valence-corrected chi connectivity index (χ2v) is 4.86. The van der Waals surface area contributed by atoms with Gasteiger partial charge in [0.2, 0.25) is 0 Å². The molecule has 6 nitrogen and oxygen atoms in total. The van der Waals surface area contributed by atoms with E-state index in [0.717, 1.165) is 0 Å². The number of nitrogens with one attached hydrogen (secondary N) is 1. The maximum absolute atomic E-state index is 11.5. The molecule has 0 saturated carbocycles. The number of benzene rings is 1. The van der Waals surface area contributed by atoms with Crippen LogP contribution in [0.15, 0.2) is 24.3 Å². The second-order valence-electron chi connectivity index (χ2n) is 4.86. The summed E-state index contributed by atoms with van der Waals surface area (Å²) in [4.78, 5) is 22.9. The van der Waals surface area contributed by atoms with E-state index in [-0.39, 0.29) is 31.6 Å². The van der Waals surface area contributed by atoms with E-state index in [9.17, 15) is 9.59 Å². The van der Waals surface area contributed by atoms with E-state index in [1.165, 1.54) is 0 Å². The Morgan fingerprint density at radius 3 is 2.36 bits per heavy atom. The SMILES string of the molecule is CCOc1ccccc1OCCC(=O)OCC(=O)NC(C)C. The van der Waals surface area contributed by atoms with Gasteiger partial charge in [-0.05, 0) is 32.9 Å². The Labute approximate surface area is 130 Å². The van der Waals surface area contributed by atoms with Crippen LogP contribution >= 0.6 is 0 Å². The van der Waals surface area contributed by atoms with E-state index in [0.29, 0.717) is 18.1 Å². The molecule has 22 heavy (non-hydrogen) atoms. The average molecular weight is 309 g/mol. The van der Waals surface area contributed by atoms with Crippen molar-refractivity contribution in [2.45, 2.75) is 33.2 Å². The molecule has 1 aromatic carbocycles. The zero-order valence-electron chi connectivity index (χ0n) is 13.3. The number of esters is 1. The van der Waals surface area contributed by atoms with Crippen LogP contribution in [0.5, 0.6) is 11.5 Å². The third-order valence-corrected chi connectivity index (χ3v) is 2.53. The minimum atomic E-state index is -0.479. The summed E-state index contributed by atoms with van der Waals surface area (Å²) in [7, 11) is 0. The molecule has 0 radical (unpaired) electrons. The number of hydrogen-bond donors (Lipinski definition) is 1. The summed E-state index contributed by atoms with van der Waals surface area (Å²) >= 11 is 0. The molecule has 1 amide bonds. The Bertz CT molecular complexity index is 487. The Balaban J connectivity index is 2.29.